The first-order chi connectivity index (χ1) is 8.65. The molecule has 0 spiro atoms. The number of nitrogens with zero attached hydrogens (tertiary/aromatic N) is 1. The maximum absolute atomic E-state index is 3.48. The molecule has 1 aromatic rings. The summed E-state index contributed by atoms with van der Waals surface area (Å²) in [6, 6.07) is 8.38. The molecular formula is C15H23BrN2. The van der Waals surface area contributed by atoms with Crippen LogP contribution >= 0.6 is 15.9 Å². The maximum atomic E-state index is 3.48. The summed E-state index contributed by atoms with van der Waals surface area (Å²) in [6.07, 6.45) is 1.37. The van der Waals surface area contributed by atoms with Crippen molar-refractivity contribution in [2.75, 3.05) is 31.5 Å². The van der Waals surface area contributed by atoms with Gasteiger partial charge < -0.3 is 10.2 Å². The third-order valence-electron chi connectivity index (χ3n) is 3.85. The van der Waals surface area contributed by atoms with Gasteiger partial charge in [0.15, 0.2) is 0 Å². The molecule has 18 heavy (non-hydrogen) atoms. The summed E-state index contributed by atoms with van der Waals surface area (Å²) >= 11 is 3.45. The quantitative estimate of drug-likeness (QED) is 0.889. The smallest absolute Gasteiger partial charge is 0.0341 e. The van der Waals surface area contributed by atoms with Crippen LogP contribution in [-0.4, -0.2) is 31.1 Å². The topological polar surface area (TPSA) is 15.3 Å². The Morgan fingerprint density at radius 3 is 2.67 bits per heavy atom. The maximum Gasteiger partial charge on any atom is 0.0341 e. The van der Waals surface area contributed by atoms with Crippen molar-refractivity contribution in [3.8, 4) is 0 Å². The Morgan fingerprint density at radius 2 is 2.06 bits per heavy atom. The Morgan fingerprint density at radius 1 is 1.33 bits per heavy atom. The van der Waals surface area contributed by atoms with Crippen molar-refractivity contribution < 1.29 is 0 Å². The van der Waals surface area contributed by atoms with Gasteiger partial charge in [0.2, 0.25) is 0 Å². The fourth-order valence-electron chi connectivity index (χ4n) is 2.54. The fraction of sp³-hybridized carbons (Fsp3) is 0.600. The van der Waals surface area contributed by atoms with E-state index in [9.17, 15) is 0 Å². The SMILES string of the molecule is CC(C)C1CCN(CCNc2ccc(Br)cc2)C1. The van der Waals surface area contributed by atoms with E-state index in [2.05, 4.69) is 64.3 Å². The van der Waals surface area contributed by atoms with E-state index < -0.39 is 0 Å². The van der Waals surface area contributed by atoms with Crippen molar-refractivity contribution in [3.63, 3.8) is 0 Å². The third kappa shape index (κ3) is 3.99. The standard InChI is InChI=1S/C15H23BrN2/c1-12(2)13-7-9-18(11-13)10-8-17-15-5-3-14(16)4-6-15/h3-6,12-13,17H,7-11H2,1-2H3. The molecule has 1 unspecified atom stereocenters. The van der Waals surface area contributed by atoms with Crippen molar-refractivity contribution in [1.82, 2.24) is 4.90 Å². The van der Waals surface area contributed by atoms with Gasteiger partial charge >= 0.3 is 0 Å². The molecule has 1 N–H and O–H groups in total. The van der Waals surface area contributed by atoms with Gasteiger partial charge in [-0.3, -0.25) is 0 Å². The van der Waals surface area contributed by atoms with E-state index in [1.807, 2.05) is 0 Å². The summed E-state index contributed by atoms with van der Waals surface area (Å²) in [5.41, 5.74) is 1.21. The molecule has 0 amide bonds. The predicted molar refractivity (Wildman–Crippen MR) is 82.0 cm³/mol. The summed E-state index contributed by atoms with van der Waals surface area (Å²) in [7, 11) is 0. The number of anilines is 1. The lowest BCUT2D eigenvalue weighted by atomic mass is 9.95. The predicted octanol–water partition coefficient (Wildman–Crippen LogP) is 3.84. The first-order valence-electron chi connectivity index (χ1n) is 6.87. The molecule has 1 atom stereocenters. The molecule has 3 heteroatoms. The lowest BCUT2D eigenvalue weighted by Crippen LogP contribution is -2.27. The molecule has 1 aromatic carbocycles. The molecule has 1 saturated heterocycles. The summed E-state index contributed by atoms with van der Waals surface area (Å²) in [5.74, 6) is 1.73. The number of benzene rings is 1. The van der Waals surface area contributed by atoms with Gasteiger partial charge in [0.25, 0.3) is 0 Å². The second-order valence-corrected chi connectivity index (χ2v) is 6.44. The van der Waals surface area contributed by atoms with Crippen LogP contribution in [0.25, 0.3) is 0 Å². The molecule has 1 heterocycles. The Kier molecular flexibility index (Phi) is 5.07. The van der Waals surface area contributed by atoms with Gasteiger partial charge in [-0.05, 0) is 49.1 Å². The van der Waals surface area contributed by atoms with Gasteiger partial charge in [-0.25, -0.2) is 0 Å². The lowest BCUT2D eigenvalue weighted by Gasteiger charge is -2.18. The monoisotopic (exact) mass is 310 g/mol. The molecule has 1 aliphatic heterocycles. The average Bonchev–Trinajstić information content (AvgIpc) is 2.81. The highest BCUT2D eigenvalue weighted by molar-refractivity contribution is 9.10. The van der Waals surface area contributed by atoms with Crippen LogP contribution in [0.1, 0.15) is 20.3 Å². The van der Waals surface area contributed by atoms with E-state index in [1.165, 1.54) is 25.2 Å². The van der Waals surface area contributed by atoms with Crippen molar-refractivity contribution in [1.29, 1.82) is 0 Å². The van der Waals surface area contributed by atoms with Gasteiger partial charge in [-0.1, -0.05) is 29.8 Å². The molecule has 0 saturated carbocycles. The number of halogens is 1. The van der Waals surface area contributed by atoms with E-state index in [0.29, 0.717) is 0 Å². The Hall–Kier alpha value is -0.540. The second kappa shape index (κ2) is 6.58. The number of nitrogens with one attached hydrogen (secondary N) is 1. The molecule has 2 nitrogen and oxygen atoms in total. The van der Waals surface area contributed by atoms with Crippen LogP contribution in [0.15, 0.2) is 28.7 Å². The van der Waals surface area contributed by atoms with Crippen molar-refractivity contribution in [2.24, 2.45) is 11.8 Å². The van der Waals surface area contributed by atoms with E-state index in [4.69, 9.17) is 0 Å². The number of rotatable bonds is 5. The number of likely N-dealkylation sites (tertiary alicyclic amines) is 1. The lowest BCUT2D eigenvalue weighted by molar-refractivity contribution is 0.313. The van der Waals surface area contributed by atoms with Crippen LogP contribution < -0.4 is 5.32 Å². The molecule has 2 rings (SSSR count). The van der Waals surface area contributed by atoms with Gasteiger partial charge in [0, 0.05) is 29.8 Å². The average molecular weight is 311 g/mol. The highest BCUT2D eigenvalue weighted by Gasteiger charge is 2.23. The van der Waals surface area contributed by atoms with E-state index in [1.54, 1.807) is 0 Å². The van der Waals surface area contributed by atoms with Crippen LogP contribution in [0.4, 0.5) is 5.69 Å². The molecule has 100 valence electrons. The summed E-state index contributed by atoms with van der Waals surface area (Å²) in [5, 5.41) is 3.48. The Balaban J connectivity index is 1.68. The van der Waals surface area contributed by atoms with Crippen LogP contribution in [0.2, 0.25) is 0 Å². The zero-order chi connectivity index (χ0) is 13.0. The molecule has 0 bridgehead atoms. The van der Waals surface area contributed by atoms with E-state index in [0.717, 1.165) is 29.4 Å². The first kappa shape index (κ1) is 13.9. The van der Waals surface area contributed by atoms with Crippen molar-refractivity contribution in [3.05, 3.63) is 28.7 Å². The van der Waals surface area contributed by atoms with Gasteiger partial charge in [0.05, 0.1) is 0 Å². The van der Waals surface area contributed by atoms with Crippen LogP contribution in [-0.2, 0) is 0 Å². The summed E-state index contributed by atoms with van der Waals surface area (Å²) in [4.78, 5) is 2.58. The Bertz CT molecular complexity index is 361. The third-order valence-corrected chi connectivity index (χ3v) is 4.38. The summed E-state index contributed by atoms with van der Waals surface area (Å²) < 4.78 is 1.13. The van der Waals surface area contributed by atoms with Crippen LogP contribution in [0.5, 0.6) is 0 Å². The van der Waals surface area contributed by atoms with Crippen molar-refractivity contribution in [2.45, 2.75) is 20.3 Å². The summed E-state index contributed by atoms with van der Waals surface area (Å²) in [6.45, 7) is 9.42. The number of hydrogen-bond acceptors (Lipinski definition) is 2. The molecule has 1 aliphatic rings. The van der Waals surface area contributed by atoms with Gasteiger partial charge in [-0.2, -0.15) is 0 Å². The highest BCUT2D eigenvalue weighted by Crippen LogP contribution is 2.23. The highest BCUT2D eigenvalue weighted by atomic mass is 79.9. The largest absolute Gasteiger partial charge is 0.384 e. The zero-order valence-electron chi connectivity index (χ0n) is 11.3. The van der Waals surface area contributed by atoms with Crippen LogP contribution in [0, 0.1) is 11.8 Å². The van der Waals surface area contributed by atoms with Gasteiger partial charge in [-0.15, -0.1) is 0 Å². The Labute approximate surface area is 119 Å². The van der Waals surface area contributed by atoms with Crippen molar-refractivity contribution >= 4 is 21.6 Å². The normalized spacial score (nSPS) is 20.6. The van der Waals surface area contributed by atoms with Gasteiger partial charge in [0.1, 0.15) is 0 Å². The molecule has 0 radical (unpaired) electrons. The molecule has 0 aromatic heterocycles. The minimum Gasteiger partial charge on any atom is -0.384 e. The zero-order valence-corrected chi connectivity index (χ0v) is 12.9. The molecule has 1 fully saturated rings. The minimum atomic E-state index is 0.828. The fourth-order valence-corrected chi connectivity index (χ4v) is 2.80. The van der Waals surface area contributed by atoms with E-state index in [-0.39, 0.29) is 0 Å². The minimum absolute atomic E-state index is 0.828. The van der Waals surface area contributed by atoms with Crippen LogP contribution in [0.3, 0.4) is 0 Å². The molecule has 0 aliphatic carbocycles. The first-order valence-corrected chi connectivity index (χ1v) is 7.66. The molecular weight excluding hydrogens is 288 g/mol. The van der Waals surface area contributed by atoms with E-state index >= 15 is 0 Å². The number of hydrogen-bond donors (Lipinski definition) is 1. The second-order valence-electron chi connectivity index (χ2n) is 5.53.